The van der Waals surface area contributed by atoms with Gasteiger partial charge in [-0.15, -0.1) is 0 Å². The third-order valence-electron chi connectivity index (χ3n) is 4.23. The van der Waals surface area contributed by atoms with Crippen molar-refractivity contribution in [3.05, 3.63) is 71.3 Å². The Balaban J connectivity index is 1.96. The van der Waals surface area contributed by atoms with Crippen molar-refractivity contribution in [3.8, 4) is 0 Å². The van der Waals surface area contributed by atoms with Crippen molar-refractivity contribution >= 4 is 18.0 Å². The molecule has 0 aliphatic carbocycles. The zero-order valence-electron chi connectivity index (χ0n) is 17.4. The van der Waals surface area contributed by atoms with Crippen LogP contribution >= 0.6 is 0 Å². The minimum Gasteiger partial charge on any atom is -0.465 e. The van der Waals surface area contributed by atoms with E-state index in [0.717, 1.165) is 22.6 Å². The summed E-state index contributed by atoms with van der Waals surface area (Å²) >= 11 is 0. The lowest BCUT2D eigenvalue weighted by molar-refractivity contribution is -0.149. The van der Waals surface area contributed by atoms with Gasteiger partial charge in [0.1, 0.15) is 19.7 Å². The van der Waals surface area contributed by atoms with Gasteiger partial charge in [-0.05, 0) is 30.2 Å². The number of halogens is 3. The van der Waals surface area contributed by atoms with Crippen LogP contribution in [0.5, 0.6) is 0 Å². The number of hydrogen-bond donors (Lipinski definition) is 1. The molecule has 2 amide bonds. The summed E-state index contributed by atoms with van der Waals surface area (Å²) in [6.45, 7) is 0.688. The molecule has 0 saturated heterocycles. The summed E-state index contributed by atoms with van der Waals surface area (Å²) in [6.07, 6.45) is -5.31. The minimum absolute atomic E-state index is 0.0129. The lowest BCUT2D eigenvalue weighted by Crippen LogP contribution is -2.42. The molecule has 172 valence electrons. The highest BCUT2D eigenvalue weighted by atomic mass is 19.4. The molecule has 2 rings (SSSR count). The first-order valence-electron chi connectivity index (χ1n) is 9.73. The molecule has 0 spiro atoms. The zero-order chi connectivity index (χ0) is 23.6. The fraction of sp³-hybridized carbons (Fsp3) is 0.318. The van der Waals surface area contributed by atoms with Crippen LogP contribution in [0.3, 0.4) is 0 Å². The fourth-order valence-corrected chi connectivity index (χ4v) is 2.65. The van der Waals surface area contributed by atoms with Crippen LogP contribution in [0.1, 0.15) is 23.6 Å². The number of nitrogens with zero attached hydrogens (tertiary/aromatic N) is 1. The number of esters is 1. The number of alkyl halides is 3. The highest BCUT2D eigenvalue weighted by Crippen LogP contribution is 2.29. The van der Waals surface area contributed by atoms with E-state index in [2.05, 4.69) is 5.32 Å². The van der Waals surface area contributed by atoms with E-state index in [4.69, 9.17) is 9.47 Å². The molecule has 7 nitrogen and oxygen atoms in total. The second-order valence-electron chi connectivity index (χ2n) is 6.66. The first kappa shape index (κ1) is 24.7. The average Bonchev–Trinajstić information content (AvgIpc) is 2.76. The summed E-state index contributed by atoms with van der Waals surface area (Å²) in [5, 5.41) is 2.30. The van der Waals surface area contributed by atoms with E-state index < -0.39 is 42.8 Å². The summed E-state index contributed by atoms with van der Waals surface area (Å²) < 4.78 is 48.1. The predicted octanol–water partition coefficient (Wildman–Crippen LogP) is 3.52. The quantitative estimate of drug-likeness (QED) is 0.589. The van der Waals surface area contributed by atoms with Crippen molar-refractivity contribution in [1.82, 2.24) is 10.2 Å². The van der Waals surface area contributed by atoms with Crippen molar-refractivity contribution in [2.24, 2.45) is 0 Å². The van der Waals surface area contributed by atoms with E-state index in [9.17, 15) is 27.6 Å². The number of carbonyl (C=O) groups excluding carboxylic acids is 3. The van der Waals surface area contributed by atoms with Crippen LogP contribution in [0, 0.1) is 0 Å². The lowest BCUT2D eigenvalue weighted by Gasteiger charge is -2.22. The normalized spacial score (nSPS) is 10.9. The van der Waals surface area contributed by atoms with Crippen LogP contribution in [0.25, 0.3) is 0 Å². The molecule has 0 fully saturated rings. The predicted molar refractivity (Wildman–Crippen MR) is 108 cm³/mol. The number of amides is 2. The Morgan fingerprint density at radius 2 is 1.59 bits per heavy atom. The third kappa shape index (κ3) is 8.29. The van der Waals surface area contributed by atoms with Crippen LogP contribution in [-0.4, -0.2) is 42.6 Å². The molecule has 0 saturated carbocycles. The maximum atomic E-state index is 12.7. The zero-order valence-corrected chi connectivity index (χ0v) is 17.4. The van der Waals surface area contributed by atoms with E-state index in [0.29, 0.717) is 5.56 Å². The fourth-order valence-electron chi connectivity index (χ4n) is 2.65. The number of nitrogens with one attached hydrogen (secondary N) is 1. The number of hydrogen-bond acceptors (Lipinski definition) is 5. The summed E-state index contributed by atoms with van der Waals surface area (Å²) in [7, 11) is 0. The van der Waals surface area contributed by atoms with E-state index in [-0.39, 0.29) is 19.8 Å². The summed E-state index contributed by atoms with van der Waals surface area (Å²) in [4.78, 5) is 37.4. The van der Waals surface area contributed by atoms with Gasteiger partial charge in [0.2, 0.25) is 5.91 Å². The van der Waals surface area contributed by atoms with E-state index >= 15 is 0 Å². The van der Waals surface area contributed by atoms with Gasteiger partial charge in [-0.2, -0.15) is 13.2 Å². The molecule has 10 heteroatoms. The van der Waals surface area contributed by atoms with Crippen LogP contribution < -0.4 is 5.32 Å². The van der Waals surface area contributed by atoms with Crippen LogP contribution in [-0.2, 0) is 38.4 Å². The van der Waals surface area contributed by atoms with Gasteiger partial charge in [-0.25, -0.2) is 4.79 Å². The number of ether oxygens (including phenoxy) is 2. The van der Waals surface area contributed by atoms with Gasteiger partial charge >= 0.3 is 18.2 Å². The van der Waals surface area contributed by atoms with Crippen molar-refractivity contribution < 1.29 is 37.0 Å². The standard InChI is InChI=1S/C22H23F3N2O5/c1-2-31-20(29)14-27(13-16-8-10-18(11-9-16)22(23,24)25)19(28)12-26-21(30)32-15-17-6-4-3-5-7-17/h3-11H,2,12-15H2,1H3,(H,26,30). The molecule has 0 bridgehead atoms. The Labute approximate surface area is 183 Å². The molecule has 0 aliphatic rings. The molecule has 2 aromatic carbocycles. The highest BCUT2D eigenvalue weighted by Gasteiger charge is 2.30. The Kier molecular flexibility index (Phi) is 9.06. The summed E-state index contributed by atoms with van der Waals surface area (Å²) in [5.41, 5.74) is 0.315. The van der Waals surface area contributed by atoms with Gasteiger partial charge < -0.3 is 19.7 Å². The van der Waals surface area contributed by atoms with E-state index in [1.54, 1.807) is 31.2 Å². The molecule has 0 heterocycles. The molecule has 0 radical (unpaired) electrons. The third-order valence-corrected chi connectivity index (χ3v) is 4.23. The molecule has 32 heavy (non-hydrogen) atoms. The Hall–Kier alpha value is -3.56. The highest BCUT2D eigenvalue weighted by molar-refractivity contribution is 5.85. The maximum absolute atomic E-state index is 12.7. The Bertz CT molecular complexity index is 902. The van der Waals surface area contributed by atoms with Gasteiger partial charge in [0.05, 0.1) is 12.2 Å². The van der Waals surface area contributed by atoms with Gasteiger partial charge in [0, 0.05) is 6.54 Å². The van der Waals surface area contributed by atoms with Gasteiger partial charge in [0.25, 0.3) is 0 Å². The van der Waals surface area contributed by atoms with Crippen LogP contribution in [0.4, 0.5) is 18.0 Å². The second kappa shape index (κ2) is 11.7. The first-order valence-corrected chi connectivity index (χ1v) is 9.73. The smallest absolute Gasteiger partial charge is 0.416 e. The maximum Gasteiger partial charge on any atom is 0.416 e. The Morgan fingerprint density at radius 1 is 0.938 bits per heavy atom. The molecule has 1 N–H and O–H groups in total. The van der Waals surface area contributed by atoms with Gasteiger partial charge in [0.15, 0.2) is 0 Å². The SMILES string of the molecule is CCOC(=O)CN(Cc1ccc(C(F)(F)F)cc1)C(=O)CNC(=O)OCc1ccccc1. The van der Waals surface area contributed by atoms with Crippen LogP contribution in [0.15, 0.2) is 54.6 Å². The topological polar surface area (TPSA) is 84.9 Å². The second-order valence-corrected chi connectivity index (χ2v) is 6.66. The number of carbonyl (C=O) groups is 3. The number of rotatable bonds is 9. The monoisotopic (exact) mass is 452 g/mol. The number of benzene rings is 2. The van der Waals surface area contributed by atoms with Crippen molar-refractivity contribution in [2.45, 2.75) is 26.3 Å². The van der Waals surface area contributed by atoms with Crippen LogP contribution in [0.2, 0.25) is 0 Å². The molecular weight excluding hydrogens is 429 g/mol. The number of alkyl carbamates (subject to hydrolysis) is 1. The van der Waals surface area contributed by atoms with Crippen molar-refractivity contribution in [1.29, 1.82) is 0 Å². The summed E-state index contributed by atoms with van der Waals surface area (Å²) in [5.74, 6) is -1.31. The summed E-state index contributed by atoms with van der Waals surface area (Å²) in [6, 6.07) is 13.1. The molecule has 2 aromatic rings. The van der Waals surface area contributed by atoms with Gasteiger partial charge in [-0.1, -0.05) is 42.5 Å². The van der Waals surface area contributed by atoms with Gasteiger partial charge in [-0.3, -0.25) is 9.59 Å². The largest absolute Gasteiger partial charge is 0.465 e. The minimum atomic E-state index is -4.48. The molecular formula is C22H23F3N2O5. The molecule has 0 aliphatic heterocycles. The van der Waals surface area contributed by atoms with Crippen molar-refractivity contribution in [2.75, 3.05) is 19.7 Å². The Morgan fingerprint density at radius 3 is 2.19 bits per heavy atom. The van der Waals surface area contributed by atoms with E-state index in [1.807, 2.05) is 6.07 Å². The van der Waals surface area contributed by atoms with E-state index in [1.165, 1.54) is 12.1 Å². The molecule has 0 atom stereocenters. The lowest BCUT2D eigenvalue weighted by atomic mass is 10.1. The first-order chi connectivity index (χ1) is 15.2. The molecule has 0 unspecified atom stereocenters. The molecule has 0 aromatic heterocycles. The average molecular weight is 452 g/mol. The van der Waals surface area contributed by atoms with Crippen molar-refractivity contribution in [3.63, 3.8) is 0 Å².